The van der Waals surface area contributed by atoms with Crippen LogP contribution in [0.1, 0.15) is 28.4 Å². The number of hydrogen-bond acceptors (Lipinski definition) is 9. The molecule has 31 heavy (non-hydrogen) atoms. The predicted octanol–water partition coefficient (Wildman–Crippen LogP) is 2.07. The van der Waals surface area contributed by atoms with Crippen molar-refractivity contribution in [2.45, 2.75) is 19.6 Å². The standard InChI is InChI=1S/C22H28N4O5/c1-3-30-22(28)19-12-25-21(24-11-15-4-6-16(29-2)7-5-15)18(10-23)20(19)26-8-9-31-17(13-26)14-27/h4-7,10,12,17,23,27H,3,8-9,11,13-14H2,1-2H3,(H,24,25). The van der Waals surface area contributed by atoms with E-state index < -0.39 is 5.97 Å². The quantitative estimate of drug-likeness (QED) is 0.411. The van der Waals surface area contributed by atoms with Crippen LogP contribution in [0.15, 0.2) is 30.5 Å². The second-order valence-electron chi connectivity index (χ2n) is 6.97. The molecule has 0 amide bonds. The molecule has 1 atom stereocenters. The molecule has 0 spiro atoms. The monoisotopic (exact) mass is 428 g/mol. The highest BCUT2D eigenvalue weighted by Gasteiger charge is 2.28. The van der Waals surface area contributed by atoms with Crippen molar-refractivity contribution in [3.05, 3.63) is 47.2 Å². The molecule has 9 nitrogen and oxygen atoms in total. The van der Waals surface area contributed by atoms with Gasteiger partial charge < -0.3 is 34.9 Å². The lowest BCUT2D eigenvalue weighted by Gasteiger charge is -2.35. The maximum atomic E-state index is 12.6. The van der Waals surface area contributed by atoms with Gasteiger partial charge in [-0.15, -0.1) is 0 Å². The van der Waals surface area contributed by atoms with Crippen LogP contribution in [0, 0.1) is 5.41 Å². The zero-order chi connectivity index (χ0) is 22.2. The van der Waals surface area contributed by atoms with Crippen LogP contribution in [0.25, 0.3) is 0 Å². The molecule has 1 fully saturated rings. The van der Waals surface area contributed by atoms with E-state index in [4.69, 9.17) is 19.6 Å². The number of aliphatic hydroxyl groups is 1. The van der Waals surface area contributed by atoms with Crippen molar-refractivity contribution in [1.29, 1.82) is 5.41 Å². The fourth-order valence-electron chi connectivity index (χ4n) is 3.46. The van der Waals surface area contributed by atoms with Crippen LogP contribution >= 0.6 is 0 Å². The Kier molecular flexibility index (Phi) is 7.80. The molecule has 2 heterocycles. The molecule has 0 bridgehead atoms. The van der Waals surface area contributed by atoms with Gasteiger partial charge in [-0.25, -0.2) is 9.78 Å². The van der Waals surface area contributed by atoms with E-state index in [-0.39, 0.29) is 24.9 Å². The van der Waals surface area contributed by atoms with E-state index in [2.05, 4.69) is 10.3 Å². The molecular weight excluding hydrogens is 400 g/mol. The summed E-state index contributed by atoms with van der Waals surface area (Å²) < 4.78 is 15.9. The number of aromatic nitrogens is 1. The van der Waals surface area contributed by atoms with E-state index in [1.807, 2.05) is 29.2 Å². The topological polar surface area (TPSA) is 117 Å². The minimum Gasteiger partial charge on any atom is -0.497 e. The highest BCUT2D eigenvalue weighted by atomic mass is 16.5. The van der Waals surface area contributed by atoms with Gasteiger partial charge >= 0.3 is 5.97 Å². The lowest BCUT2D eigenvalue weighted by molar-refractivity contribution is 0.00345. The molecule has 9 heteroatoms. The Morgan fingerprint density at radius 1 is 1.42 bits per heavy atom. The molecular formula is C22H28N4O5. The number of aliphatic hydroxyl groups excluding tert-OH is 1. The molecule has 2 aromatic rings. The van der Waals surface area contributed by atoms with Crippen LogP contribution < -0.4 is 15.0 Å². The van der Waals surface area contributed by atoms with Crippen LogP contribution in [0.3, 0.4) is 0 Å². The van der Waals surface area contributed by atoms with E-state index >= 15 is 0 Å². The highest BCUT2D eigenvalue weighted by molar-refractivity contribution is 6.03. The minimum atomic E-state index is -0.498. The zero-order valence-electron chi connectivity index (χ0n) is 17.8. The van der Waals surface area contributed by atoms with Crippen LogP contribution in [-0.2, 0) is 16.0 Å². The van der Waals surface area contributed by atoms with Crippen molar-refractivity contribution >= 4 is 23.7 Å². The summed E-state index contributed by atoms with van der Waals surface area (Å²) in [6.45, 7) is 3.65. The number of anilines is 2. The first-order valence-corrected chi connectivity index (χ1v) is 10.2. The molecule has 0 radical (unpaired) electrons. The number of nitrogens with zero attached hydrogens (tertiary/aromatic N) is 2. The maximum Gasteiger partial charge on any atom is 0.341 e. The number of pyridine rings is 1. The van der Waals surface area contributed by atoms with E-state index in [0.717, 1.165) is 11.3 Å². The van der Waals surface area contributed by atoms with E-state index in [9.17, 15) is 9.90 Å². The first-order chi connectivity index (χ1) is 15.1. The molecule has 0 aliphatic carbocycles. The van der Waals surface area contributed by atoms with Gasteiger partial charge in [0.25, 0.3) is 0 Å². The molecule has 1 aromatic heterocycles. The Labute approximate surface area is 181 Å². The van der Waals surface area contributed by atoms with E-state index in [0.29, 0.717) is 43.3 Å². The first kappa shape index (κ1) is 22.5. The van der Waals surface area contributed by atoms with Crippen LogP contribution in [0.5, 0.6) is 5.75 Å². The lowest BCUT2D eigenvalue weighted by atomic mass is 10.1. The molecule has 1 unspecified atom stereocenters. The van der Waals surface area contributed by atoms with Gasteiger partial charge in [0.2, 0.25) is 0 Å². The molecule has 1 aliphatic heterocycles. The second kappa shape index (κ2) is 10.7. The summed E-state index contributed by atoms with van der Waals surface area (Å²) in [5.41, 5.74) is 2.34. The third-order valence-electron chi connectivity index (χ3n) is 5.01. The molecule has 1 aliphatic rings. The Bertz CT molecular complexity index is 904. The fraction of sp³-hybridized carbons (Fsp3) is 0.409. The third kappa shape index (κ3) is 5.31. The summed E-state index contributed by atoms with van der Waals surface area (Å²) in [7, 11) is 1.62. The first-order valence-electron chi connectivity index (χ1n) is 10.2. The normalized spacial score (nSPS) is 16.0. The highest BCUT2D eigenvalue weighted by Crippen LogP contribution is 2.31. The second-order valence-corrected chi connectivity index (χ2v) is 6.97. The van der Waals surface area contributed by atoms with E-state index in [1.54, 1.807) is 14.0 Å². The number of rotatable bonds is 9. The molecule has 3 N–H and O–H groups in total. The zero-order valence-corrected chi connectivity index (χ0v) is 17.8. The Hall–Kier alpha value is -3.17. The summed E-state index contributed by atoms with van der Waals surface area (Å²) in [5.74, 6) is 0.761. The number of esters is 1. The Morgan fingerprint density at radius 3 is 2.84 bits per heavy atom. The Balaban J connectivity index is 1.94. The van der Waals surface area contributed by atoms with Gasteiger partial charge in [0.05, 0.1) is 44.3 Å². The van der Waals surface area contributed by atoms with Crippen LogP contribution in [-0.4, -0.2) is 68.4 Å². The van der Waals surface area contributed by atoms with Crippen molar-refractivity contribution in [3.63, 3.8) is 0 Å². The SMILES string of the molecule is CCOC(=O)c1cnc(NCc2ccc(OC)cc2)c(C=N)c1N1CCOC(CO)C1. The third-order valence-corrected chi connectivity index (χ3v) is 5.01. The van der Waals surface area contributed by atoms with E-state index in [1.165, 1.54) is 12.4 Å². The summed E-state index contributed by atoms with van der Waals surface area (Å²) in [4.78, 5) is 18.9. The lowest BCUT2D eigenvalue weighted by Crippen LogP contribution is -2.45. The summed E-state index contributed by atoms with van der Waals surface area (Å²) in [6, 6.07) is 7.63. The molecule has 3 rings (SSSR count). The average molecular weight is 428 g/mol. The van der Waals surface area contributed by atoms with Gasteiger partial charge in [0.1, 0.15) is 17.1 Å². The van der Waals surface area contributed by atoms with Gasteiger partial charge in [-0.3, -0.25) is 0 Å². The fourth-order valence-corrected chi connectivity index (χ4v) is 3.46. The number of carbonyl (C=O) groups is 1. The van der Waals surface area contributed by atoms with Gasteiger partial charge in [-0.1, -0.05) is 12.1 Å². The predicted molar refractivity (Wildman–Crippen MR) is 117 cm³/mol. The minimum absolute atomic E-state index is 0.126. The number of nitrogens with one attached hydrogen (secondary N) is 2. The summed E-state index contributed by atoms with van der Waals surface area (Å²) in [5, 5.41) is 20.8. The molecule has 1 saturated heterocycles. The van der Waals surface area contributed by atoms with Gasteiger partial charge in [0.15, 0.2) is 0 Å². The van der Waals surface area contributed by atoms with Crippen LogP contribution in [0.4, 0.5) is 11.5 Å². The molecule has 1 aromatic carbocycles. The van der Waals surface area contributed by atoms with Crippen molar-refractivity contribution in [3.8, 4) is 5.75 Å². The Morgan fingerprint density at radius 2 is 2.19 bits per heavy atom. The summed E-state index contributed by atoms with van der Waals surface area (Å²) >= 11 is 0. The maximum absolute atomic E-state index is 12.6. The van der Waals surface area contributed by atoms with Crippen molar-refractivity contribution in [2.24, 2.45) is 0 Å². The number of ether oxygens (including phenoxy) is 3. The number of methoxy groups -OCH3 is 1. The average Bonchev–Trinajstić information content (AvgIpc) is 2.82. The van der Waals surface area contributed by atoms with Gasteiger partial charge in [-0.2, -0.15) is 0 Å². The summed E-state index contributed by atoms with van der Waals surface area (Å²) in [6.07, 6.45) is 2.29. The van der Waals surface area contributed by atoms with Crippen molar-refractivity contribution in [1.82, 2.24) is 4.98 Å². The molecule has 166 valence electrons. The number of carbonyl (C=O) groups excluding carboxylic acids is 1. The number of benzene rings is 1. The van der Waals surface area contributed by atoms with Crippen molar-refractivity contribution < 1.29 is 24.1 Å². The van der Waals surface area contributed by atoms with Gasteiger partial charge in [0, 0.05) is 32.0 Å². The number of hydrogen-bond donors (Lipinski definition) is 3. The number of morpholine rings is 1. The largest absolute Gasteiger partial charge is 0.497 e. The van der Waals surface area contributed by atoms with Gasteiger partial charge in [-0.05, 0) is 24.6 Å². The molecule has 0 saturated carbocycles. The van der Waals surface area contributed by atoms with Crippen molar-refractivity contribution in [2.75, 3.05) is 50.2 Å². The smallest absolute Gasteiger partial charge is 0.341 e. The van der Waals surface area contributed by atoms with Crippen LogP contribution in [0.2, 0.25) is 0 Å².